The SMILES string of the molecule is c1ccc(CO[C@H]2[C@H](OCc3ccccc3)[C@H](SC3CCCCC3)NC[C@H]2OCc2ccccc2)cc1. The van der Waals surface area contributed by atoms with Crippen molar-refractivity contribution in [3.05, 3.63) is 108 Å². The number of ether oxygens (including phenoxy) is 3. The smallest absolute Gasteiger partial charge is 0.114 e. The van der Waals surface area contributed by atoms with Gasteiger partial charge in [-0.1, -0.05) is 110 Å². The van der Waals surface area contributed by atoms with Gasteiger partial charge in [0.05, 0.1) is 31.3 Å². The molecular formula is C32H39NO3S. The minimum Gasteiger partial charge on any atom is -0.369 e. The van der Waals surface area contributed by atoms with Crippen LogP contribution in [0, 0.1) is 0 Å². The molecule has 1 aliphatic carbocycles. The van der Waals surface area contributed by atoms with Crippen LogP contribution in [0.2, 0.25) is 0 Å². The standard InChI is InChI=1S/C32H39NO3S/c1-5-13-25(14-6-1)22-34-29-21-33-32(37-28-19-11-4-12-20-28)31(36-24-27-17-9-3-10-18-27)30(29)35-23-26-15-7-2-8-16-26/h1-3,5-10,13-18,28-33H,4,11-12,19-24H2/t29-,30-,31+,32+/m1/s1. The maximum Gasteiger partial charge on any atom is 0.114 e. The Morgan fingerprint density at radius 2 is 1.08 bits per heavy atom. The predicted molar refractivity (Wildman–Crippen MR) is 151 cm³/mol. The molecule has 4 nitrogen and oxygen atoms in total. The van der Waals surface area contributed by atoms with Gasteiger partial charge in [0.1, 0.15) is 12.2 Å². The third kappa shape index (κ3) is 7.92. The van der Waals surface area contributed by atoms with Gasteiger partial charge in [-0.15, -0.1) is 11.8 Å². The van der Waals surface area contributed by atoms with Crippen molar-refractivity contribution in [2.24, 2.45) is 0 Å². The average molecular weight is 518 g/mol. The summed E-state index contributed by atoms with van der Waals surface area (Å²) in [6.07, 6.45) is 6.21. The van der Waals surface area contributed by atoms with Gasteiger partial charge in [-0.3, -0.25) is 0 Å². The molecule has 3 aromatic rings. The van der Waals surface area contributed by atoms with E-state index in [-0.39, 0.29) is 23.7 Å². The first-order valence-corrected chi connectivity index (χ1v) is 14.6. The first-order valence-electron chi connectivity index (χ1n) is 13.7. The Morgan fingerprint density at radius 1 is 0.595 bits per heavy atom. The first kappa shape index (κ1) is 26.5. The maximum absolute atomic E-state index is 6.72. The van der Waals surface area contributed by atoms with Gasteiger partial charge in [0.25, 0.3) is 0 Å². The lowest BCUT2D eigenvalue weighted by Gasteiger charge is -2.44. The molecule has 196 valence electrons. The van der Waals surface area contributed by atoms with Gasteiger partial charge in [-0.25, -0.2) is 0 Å². The van der Waals surface area contributed by atoms with Crippen molar-refractivity contribution < 1.29 is 14.2 Å². The van der Waals surface area contributed by atoms with Crippen LogP contribution >= 0.6 is 11.8 Å². The molecule has 1 saturated heterocycles. The van der Waals surface area contributed by atoms with Crippen molar-refractivity contribution in [1.82, 2.24) is 5.32 Å². The van der Waals surface area contributed by atoms with Gasteiger partial charge in [0, 0.05) is 11.8 Å². The molecule has 0 amide bonds. The molecule has 0 spiro atoms. The van der Waals surface area contributed by atoms with E-state index >= 15 is 0 Å². The second-order valence-electron chi connectivity index (χ2n) is 10.1. The second kappa shape index (κ2) is 14.1. The predicted octanol–water partition coefficient (Wildman–Crippen LogP) is 6.74. The summed E-state index contributed by atoms with van der Waals surface area (Å²) < 4.78 is 19.9. The Bertz CT molecular complexity index is 1030. The molecule has 1 heterocycles. The van der Waals surface area contributed by atoms with Crippen molar-refractivity contribution in [2.75, 3.05) is 6.54 Å². The van der Waals surface area contributed by atoms with Crippen molar-refractivity contribution in [2.45, 2.75) is 80.9 Å². The molecule has 0 radical (unpaired) electrons. The van der Waals surface area contributed by atoms with Crippen LogP contribution in [0.25, 0.3) is 0 Å². The lowest BCUT2D eigenvalue weighted by atomic mass is 10.0. The van der Waals surface area contributed by atoms with Crippen molar-refractivity contribution in [1.29, 1.82) is 0 Å². The third-order valence-corrected chi connectivity index (χ3v) is 8.86. The van der Waals surface area contributed by atoms with Crippen LogP contribution < -0.4 is 5.32 Å². The molecule has 2 fully saturated rings. The van der Waals surface area contributed by atoms with Crippen LogP contribution in [0.15, 0.2) is 91.0 Å². The molecule has 5 heteroatoms. The molecule has 1 aliphatic heterocycles. The van der Waals surface area contributed by atoms with E-state index in [2.05, 4.69) is 89.9 Å². The number of nitrogens with one attached hydrogen (secondary N) is 1. The quantitative estimate of drug-likeness (QED) is 0.305. The van der Waals surface area contributed by atoms with E-state index in [1.165, 1.54) is 48.8 Å². The molecule has 37 heavy (non-hydrogen) atoms. The van der Waals surface area contributed by atoms with Crippen LogP contribution in [0.3, 0.4) is 0 Å². The zero-order valence-electron chi connectivity index (χ0n) is 21.5. The van der Waals surface area contributed by atoms with Crippen LogP contribution in [0.1, 0.15) is 48.8 Å². The largest absolute Gasteiger partial charge is 0.369 e. The fraction of sp³-hybridized carbons (Fsp3) is 0.438. The van der Waals surface area contributed by atoms with Crippen molar-refractivity contribution >= 4 is 11.8 Å². The Balaban J connectivity index is 1.34. The van der Waals surface area contributed by atoms with E-state index in [1.54, 1.807) is 0 Å². The minimum atomic E-state index is -0.171. The molecule has 2 aliphatic rings. The van der Waals surface area contributed by atoms with Gasteiger partial charge in [-0.2, -0.15) is 0 Å². The first-order chi connectivity index (χ1) is 18.3. The summed E-state index contributed by atoms with van der Waals surface area (Å²) in [6.45, 7) is 2.42. The second-order valence-corrected chi connectivity index (χ2v) is 11.5. The Hall–Kier alpha value is -2.15. The summed E-state index contributed by atoms with van der Waals surface area (Å²) in [5.74, 6) is 0. The van der Waals surface area contributed by atoms with Gasteiger partial charge in [0.2, 0.25) is 0 Å². The summed E-state index contributed by atoms with van der Waals surface area (Å²) in [5.41, 5.74) is 3.52. The highest BCUT2D eigenvalue weighted by Gasteiger charge is 2.43. The van der Waals surface area contributed by atoms with Gasteiger partial charge >= 0.3 is 0 Å². The van der Waals surface area contributed by atoms with E-state index < -0.39 is 0 Å². The number of hydrogen-bond donors (Lipinski definition) is 1. The average Bonchev–Trinajstić information content (AvgIpc) is 2.97. The fourth-order valence-corrected chi connectivity index (χ4v) is 6.83. The highest BCUT2D eigenvalue weighted by atomic mass is 32.2. The summed E-state index contributed by atoms with van der Waals surface area (Å²) in [7, 11) is 0. The highest BCUT2D eigenvalue weighted by Crippen LogP contribution is 2.36. The molecule has 1 saturated carbocycles. The molecular weight excluding hydrogens is 478 g/mol. The molecule has 0 bridgehead atoms. The Labute approximate surface area is 226 Å². The molecule has 0 aromatic heterocycles. The number of thioether (sulfide) groups is 1. The number of hydrogen-bond acceptors (Lipinski definition) is 5. The number of rotatable bonds is 11. The molecule has 5 rings (SSSR count). The van der Waals surface area contributed by atoms with Gasteiger partial charge < -0.3 is 19.5 Å². The van der Waals surface area contributed by atoms with E-state index in [1.807, 2.05) is 18.2 Å². The monoisotopic (exact) mass is 517 g/mol. The molecule has 4 atom stereocenters. The van der Waals surface area contributed by atoms with Crippen LogP contribution in [0.4, 0.5) is 0 Å². The zero-order chi connectivity index (χ0) is 25.1. The zero-order valence-corrected chi connectivity index (χ0v) is 22.4. The topological polar surface area (TPSA) is 39.7 Å². The summed E-state index contributed by atoms with van der Waals surface area (Å²) >= 11 is 2.05. The summed E-state index contributed by atoms with van der Waals surface area (Å²) in [5, 5.41) is 4.64. The van der Waals surface area contributed by atoms with Crippen molar-refractivity contribution in [3.63, 3.8) is 0 Å². The Morgan fingerprint density at radius 3 is 1.62 bits per heavy atom. The van der Waals surface area contributed by atoms with E-state index in [0.717, 1.165) is 6.54 Å². The van der Waals surface area contributed by atoms with E-state index in [0.29, 0.717) is 25.1 Å². The van der Waals surface area contributed by atoms with E-state index in [4.69, 9.17) is 14.2 Å². The highest BCUT2D eigenvalue weighted by molar-refractivity contribution is 8.00. The van der Waals surface area contributed by atoms with E-state index in [9.17, 15) is 0 Å². The molecule has 0 unspecified atom stereocenters. The third-order valence-electron chi connectivity index (χ3n) is 7.28. The lowest BCUT2D eigenvalue weighted by Crippen LogP contribution is -2.61. The van der Waals surface area contributed by atoms with Crippen LogP contribution in [-0.4, -0.2) is 35.5 Å². The van der Waals surface area contributed by atoms with Gasteiger partial charge in [0.15, 0.2) is 0 Å². The molecule has 1 N–H and O–H groups in total. The fourth-order valence-electron chi connectivity index (χ4n) is 5.23. The summed E-state index contributed by atoms with van der Waals surface area (Å²) in [6, 6.07) is 31.2. The number of piperidine rings is 1. The Kier molecular flexibility index (Phi) is 10.1. The molecule has 3 aromatic carbocycles. The van der Waals surface area contributed by atoms with Gasteiger partial charge in [-0.05, 0) is 29.5 Å². The van der Waals surface area contributed by atoms with Crippen LogP contribution in [-0.2, 0) is 34.0 Å². The minimum absolute atomic E-state index is 0.104. The van der Waals surface area contributed by atoms with Crippen LogP contribution in [0.5, 0.6) is 0 Å². The summed E-state index contributed by atoms with van der Waals surface area (Å²) in [4.78, 5) is 0. The lowest BCUT2D eigenvalue weighted by molar-refractivity contribution is -0.166. The maximum atomic E-state index is 6.72. The van der Waals surface area contributed by atoms with Crippen molar-refractivity contribution in [3.8, 4) is 0 Å². The normalized spacial score (nSPS) is 24.6. The number of benzene rings is 3.